The number of hydrogen-bond acceptors (Lipinski definition) is 9. The number of hydrogen-bond donors (Lipinski definition) is 5. The van der Waals surface area contributed by atoms with Crippen molar-refractivity contribution in [3.05, 3.63) is 70.8 Å². The average molecular weight is 917 g/mol. The molecule has 2 aromatic rings. The lowest BCUT2D eigenvalue weighted by molar-refractivity contribution is -0.152. The van der Waals surface area contributed by atoms with Crippen LogP contribution in [-0.4, -0.2) is 79.0 Å². The van der Waals surface area contributed by atoms with Crippen LogP contribution in [0.5, 0.6) is 0 Å². The van der Waals surface area contributed by atoms with Crippen molar-refractivity contribution in [1.29, 1.82) is 0 Å². The number of ether oxygens (including phenoxy) is 1. The number of esters is 1. The van der Waals surface area contributed by atoms with Gasteiger partial charge >= 0.3 is 35.8 Å². The minimum atomic E-state index is -2.79. The maximum absolute atomic E-state index is 15.1. The largest absolute Gasteiger partial charge is 0.481 e. The van der Waals surface area contributed by atoms with Gasteiger partial charge in [0.25, 0.3) is 0 Å². The first kappa shape index (κ1) is 55.1. The molecule has 0 saturated carbocycles. The fourth-order valence-electron chi connectivity index (χ4n) is 8.31. The highest BCUT2D eigenvalue weighted by atomic mass is 32.2. The molecule has 0 fully saturated rings. The summed E-state index contributed by atoms with van der Waals surface area (Å²) in [6.45, 7) is 4.36. The van der Waals surface area contributed by atoms with E-state index in [0.29, 0.717) is 48.6 Å². The molecule has 5 N–H and O–H groups in total. The van der Waals surface area contributed by atoms with E-state index in [4.69, 9.17) is 4.74 Å². The van der Waals surface area contributed by atoms with Gasteiger partial charge in [-0.25, -0.2) is 0 Å². The minimum absolute atomic E-state index is 0.0255. The summed E-state index contributed by atoms with van der Waals surface area (Å²) >= 11 is 0.527. The van der Waals surface area contributed by atoms with Crippen molar-refractivity contribution in [2.45, 2.75) is 188 Å². The molecule has 0 aromatic heterocycles. The van der Waals surface area contributed by atoms with Crippen LogP contribution in [0.4, 0.5) is 0 Å². The van der Waals surface area contributed by atoms with E-state index < -0.39 is 68.7 Å². The van der Waals surface area contributed by atoms with Crippen LogP contribution in [0, 0.1) is 0 Å². The monoisotopic (exact) mass is 916 g/mol. The highest BCUT2D eigenvalue weighted by Crippen LogP contribution is 2.62. The molecule has 0 bridgehead atoms. The molecule has 12 nitrogen and oxygen atoms in total. The minimum Gasteiger partial charge on any atom is -0.481 e. The number of carbonyl (C=O) groups excluding carboxylic acids is 1. The second kappa shape index (κ2) is 30.2. The fraction of sp³-hybridized carbons (Fsp3) is 0.633. The molecule has 4 atom stereocenters. The SMILES string of the molecule is CCCCCCCCCCCCc1ccccc1C(SC(CC(=O)O)C(=O)O)(C(=O)O)C(SC(CC(=O)O)C(=O)O)(C(=O)OC)c1ccccc1CCCCCCCCCCCC. The van der Waals surface area contributed by atoms with Crippen LogP contribution in [0.15, 0.2) is 48.5 Å². The van der Waals surface area contributed by atoms with Crippen LogP contribution in [0.25, 0.3) is 0 Å². The normalized spacial score (nSPS) is 14.2. The number of benzene rings is 2. The molecule has 63 heavy (non-hydrogen) atoms. The Balaban J connectivity index is 2.91. The van der Waals surface area contributed by atoms with Gasteiger partial charge in [-0.1, -0.05) is 178 Å². The first-order valence-electron chi connectivity index (χ1n) is 23.0. The Kier molecular flexibility index (Phi) is 26.4. The van der Waals surface area contributed by atoms with E-state index in [9.17, 15) is 49.5 Å². The Labute approximate surface area is 382 Å². The smallest absolute Gasteiger partial charge is 0.329 e. The van der Waals surface area contributed by atoms with Gasteiger partial charge in [-0.05, 0) is 47.9 Å². The number of rotatable bonds is 37. The number of carboxylic acids is 5. The van der Waals surface area contributed by atoms with Crippen LogP contribution < -0.4 is 0 Å². The van der Waals surface area contributed by atoms with Crippen LogP contribution in [0.3, 0.4) is 0 Å². The van der Waals surface area contributed by atoms with E-state index in [-0.39, 0.29) is 22.9 Å². The van der Waals surface area contributed by atoms with E-state index in [1.807, 2.05) is 0 Å². The summed E-state index contributed by atoms with van der Waals surface area (Å²) in [5.74, 6) is -9.38. The summed E-state index contributed by atoms with van der Waals surface area (Å²) in [5, 5.41) is 49.0. The molecule has 0 aliphatic rings. The Morgan fingerprint density at radius 1 is 0.492 bits per heavy atom. The maximum Gasteiger partial charge on any atom is 0.329 e. The molecule has 0 aliphatic carbocycles. The van der Waals surface area contributed by atoms with E-state index in [2.05, 4.69) is 13.8 Å². The van der Waals surface area contributed by atoms with Gasteiger partial charge < -0.3 is 30.3 Å². The predicted octanol–water partition coefficient (Wildman–Crippen LogP) is 11.3. The van der Waals surface area contributed by atoms with Crippen molar-refractivity contribution >= 4 is 59.3 Å². The van der Waals surface area contributed by atoms with E-state index in [1.54, 1.807) is 30.3 Å². The molecule has 0 spiro atoms. The molecule has 0 aliphatic heterocycles. The van der Waals surface area contributed by atoms with Crippen LogP contribution in [0.1, 0.15) is 177 Å². The first-order chi connectivity index (χ1) is 30.2. The van der Waals surface area contributed by atoms with Crippen LogP contribution >= 0.6 is 23.5 Å². The van der Waals surface area contributed by atoms with Gasteiger partial charge in [0, 0.05) is 0 Å². The summed E-state index contributed by atoms with van der Waals surface area (Å²) in [4.78, 5) is 80.4. The quantitative estimate of drug-likeness (QED) is 0.0315. The highest BCUT2D eigenvalue weighted by Gasteiger charge is 2.68. The summed E-state index contributed by atoms with van der Waals surface area (Å²) in [6, 6.07) is 12.8. The van der Waals surface area contributed by atoms with Crippen molar-refractivity contribution in [2.24, 2.45) is 0 Å². The molecule has 4 unspecified atom stereocenters. The number of methoxy groups -OCH3 is 1. The Morgan fingerprint density at radius 2 is 0.810 bits per heavy atom. The van der Waals surface area contributed by atoms with Crippen LogP contribution in [-0.2, 0) is 55.8 Å². The maximum atomic E-state index is 15.1. The lowest BCUT2D eigenvalue weighted by Gasteiger charge is -2.48. The fourth-order valence-corrected chi connectivity index (χ4v) is 11.8. The van der Waals surface area contributed by atoms with Gasteiger partial charge in [0.2, 0.25) is 0 Å². The first-order valence-corrected chi connectivity index (χ1v) is 24.7. The van der Waals surface area contributed by atoms with E-state index in [1.165, 1.54) is 69.6 Å². The molecule has 2 rings (SSSR count). The third-order valence-corrected chi connectivity index (χ3v) is 15.1. The Hall–Kier alpha value is -4.04. The second-order valence-electron chi connectivity index (χ2n) is 16.4. The molecule has 0 saturated heterocycles. The lowest BCUT2D eigenvalue weighted by atomic mass is 9.75. The number of unbranched alkanes of at least 4 members (excludes halogenated alkanes) is 18. The number of carbonyl (C=O) groups is 6. The molecular formula is C49H72O12S2. The summed E-state index contributed by atoms with van der Waals surface area (Å²) in [6.07, 6.45) is 19.4. The van der Waals surface area contributed by atoms with Gasteiger partial charge in [-0.2, -0.15) is 0 Å². The molecule has 0 amide bonds. The number of thioether (sulfide) groups is 2. The van der Waals surface area contributed by atoms with E-state index in [0.717, 1.165) is 71.3 Å². The lowest BCUT2D eigenvalue weighted by Crippen LogP contribution is -2.58. The van der Waals surface area contributed by atoms with Crippen LogP contribution in [0.2, 0.25) is 0 Å². The number of aliphatic carboxylic acids is 5. The van der Waals surface area contributed by atoms with Crippen molar-refractivity contribution in [2.75, 3.05) is 7.11 Å². The third-order valence-electron chi connectivity index (χ3n) is 11.6. The molecule has 352 valence electrons. The zero-order chi connectivity index (χ0) is 46.7. The summed E-state index contributed by atoms with van der Waals surface area (Å²) in [5.41, 5.74) is 0.911. The Morgan fingerprint density at radius 3 is 1.13 bits per heavy atom. The van der Waals surface area contributed by atoms with Crippen molar-refractivity contribution < 1.29 is 59.0 Å². The molecular weight excluding hydrogens is 845 g/mol. The number of carboxylic acid groups (broad SMARTS) is 5. The van der Waals surface area contributed by atoms with Gasteiger partial charge in [-0.3, -0.25) is 28.8 Å². The van der Waals surface area contributed by atoms with Crippen molar-refractivity contribution in [3.63, 3.8) is 0 Å². The molecule has 2 aromatic carbocycles. The highest BCUT2D eigenvalue weighted by molar-refractivity contribution is 8.06. The van der Waals surface area contributed by atoms with Gasteiger partial charge in [0.05, 0.1) is 20.0 Å². The van der Waals surface area contributed by atoms with Crippen molar-refractivity contribution in [1.82, 2.24) is 0 Å². The van der Waals surface area contributed by atoms with Crippen molar-refractivity contribution in [3.8, 4) is 0 Å². The third kappa shape index (κ3) is 17.1. The summed E-state index contributed by atoms with van der Waals surface area (Å²) in [7, 11) is 1.01. The predicted molar refractivity (Wildman–Crippen MR) is 250 cm³/mol. The molecule has 0 heterocycles. The second-order valence-corrected chi connectivity index (χ2v) is 19.3. The van der Waals surface area contributed by atoms with Gasteiger partial charge in [-0.15, -0.1) is 23.5 Å². The summed E-state index contributed by atoms with van der Waals surface area (Å²) < 4.78 is 0.000956. The number of aryl methyl sites for hydroxylation is 2. The molecule has 0 radical (unpaired) electrons. The standard InChI is InChI=1S/C49H72O12S2/c1-4-6-8-10-12-14-16-18-20-22-28-36-30-24-26-32-38(36)48(46(58)59,62-40(44(54)55)34-42(50)51)49(47(60)61-3,63-41(45(56)57)35-43(52)53)39-33-27-25-31-37(39)29-23-21-19-17-15-13-11-9-7-5-2/h24-27,30-33,40-41H,4-23,28-29,34-35H2,1-3H3,(H,50,51)(H,52,53)(H,54,55)(H,56,57)(H,58,59). The average Bonchev–Trinajstić information content (AvgIpc) is 3.25. The Bertz CT molecular complexity index is 1730. The zero-order valence-electron chi connectivity index (χ0n) is 37.7. The van der Waals surface area contributed by atoms with E-state index >= 15 is 4.79 Å². The van der Waals surface area contributed by atoms with Gasteiger partial charge in [0.1, 0.15) is 10.5 Å². The topological polar surface area (TPSA) is 213 Å². The zero-order valence-corrected chi connectivity index (χ0v) is 39.3. The van der Waals surface area contributed by atoms with Gasteiger partial charge in [0.15, 0.2) is 9.49 Å². The molecule has 14 heteroatoms.